The van der Waals surface area contributed by atoms with E-state index in [4.69, 9.17) is 16.3 Å². The normalized spacial score (nSPS) is 11.2. The summed E-state index contributed by atoms with van der Waals surface area (Å²) in [5.41, 5.74) is 0.923. The zero-order valence-electron chi connectivity index (χ0n) is 16.7. The highest BCUT2D eigenvalue weighted by Gasteiger charge is 2.21. The molecular weight excluding hydrogens is 451 g/mol. The lowest BCUT2D eigenvalue weighted by molar-refractivity contribution is -0.119. The number of carbonyl (C=O) groups excluding carboxylic acids is 1. The largest absolute Gasteiger partial charge is 0.495 e. The fourth-order valence-electron chi connectivity index (χ4n) is 2.60. The predicted molar refractivity (Wildman–Crippen MR) is 120 cm³/mol. The van der Waals surface area contributed by atoms with Gasteiger partial charge in [-0.15, -0.1) is 0 Å². The summed E-state index contributed by atoms with van der Waals surface area (Å²) in [6, 6.07) is 11.1. The molecular formula is C20H24ClFN2O4S2. The summed E-state index contributed by atoms with van der Waals surface area (Å²) in [5.74, 6) is 1.05. The second-order valence-corrected chi connectivity index (χ2v) is 9.86. The Hall–Kier alpha value is -1.97. The van der Waals surface area contributed by atoms with Crippen LogP contribution in [0.4, 0.5) is 10.1 Å². The van der Waals surface area contributed by atoms with Gasteiger partial charge in [-0.3, -0.25) is 9.10 Å². The quantitative estimate of drug-likeness (QED) is 0.503. The van der Waals surface area contributed by atoms with E-state index in [9.17, 15) is 17.6 Å². The molecule has 2 rings (SSSR count). The number of sulfonamides is 1. The Morgan fingerprint density at radius 3 is 2.63 bits per heavy atom. The summed E-state index contributed by atoms with van der Waals surface area (Å²) < 4.78 is 43.9. The van der Waals surface area contributed by atoms with Crippen LogP contribution in [0.1, 0.15) is 12.0 Å². The third-order valence-corrected chi connectivity index (χ3v) is 6.64. The van der Waals surface area contributed by atoms with Crippen LogP contribution in [0, 0.1) is 5.82 Å². The van der Waals surface area contributed by atoms with E-state index >= 15 is 0 Å². The summed E-state index contributed by atoms with van der Waals surface area (Å²) >= 11 is 7.64. The Bertz CT molecular complexity index is 973. The van der Waals surface area contributed by atoms with Gasteiger partial charge < -0.3 is 10.1 Å². The molecule has 1 amide bonds. The first-order valence-electron chi connectivity index (χ1n) is 9.11. The third kappa shape index (κ3) is 7.37. The van der Waals surface area contributed by atoms with Gasteiger partial charge in [-0.05, 0) is 42.0 Å². The first kappa shape index (κ1) is 24.3. The van der Waals surface area contributed by atoms with Crippen LogP contribution in [0.25, 0.3) is 0 Å². The van der Waals surface area contributed by atoms with Gasteiger partial charge in [-0.2, -0.15) is 11.8 Å². The lowest BCUT2D eigenvalue weighted by Crippen LogP contribution is -2.40. The molecule has 2 aromatic rings. The van der Waals surface area contributed by atoms with Crippen LogP contribution >= 0.6 is 23.4 Å². The van der Waals surface area contributed by atoms with Crippen molar-refractivity contribution < 1.29 is 22.3 Å². The second kappa shape index (κ2) is 11.4. The summed E-state index contributed by atoms with van der Waals surface area (Å²) in [4.78, 5) is 12.2. The zero-order chi connectivity index (χ0) is 22.1. The van der Waals surface area contributed by atoms with Crippen molar-refractivity contribution in [3.05, 3.63) is 58.9 Å². The lowest BCUT2D eigenvalue weighted by Gasteiger charge is -2.22. The summed E-state index contributed by atoms with van der Waals surface area (Å²) in [6.45, 7) is 0.0357. The number of methoxy groups -OCH3 is 1. The van der Waals surface area contributed by atoms with E-state index in [-0.39, 0.29) is 23.1 Å². The molecule has 0 bridgehead atoms. The molecule has 2 aromatic carbocycles. The van der Waals surface area contributed by atoms with Gasteiger partial charge in [0.15, 0.2) is 0 Å². The number of nitrogens with one attached hydrogen (secondary N) is 1. The van der Waals surface area contributed by atoms with Crippen LogP contribution < -0.4 is 14.4 Å². The molecule has 0 aromatic heterocycles. The maximum Gasteiger partial charge on any atom is 0.240 e. The number of nitrogens with zero attached hydrogens (tertiary/aromatic N) is 1. The average molecular weight is 475 g/mol. The monoisotopic (exact) mass is 474 g/mol. The Labute approximate surface area is 185 Å². The van der Waals surface area contributed by atoms with Crippen molar-refractivity contribution in [1.29, 1.82) is 0 Å². The number of rotatable bonds is 11. The van der Waals surface area contributed by atoms with Crippen LogP contribution in [-0.2, 0) is 20.6 Å². The van der Waals surface area contributed by atoms with Crippen molar-refractivity contribution in [2.45, 2.75) is 12.2 Å². The van der Waals surface area contributed by atoms with Crippen LogP contribution in [0.2, 0.25) is 5.02 Å². The van der Waals surface area contributed by atoms with Crippen molar-refractivity contribution in [2.75, 3.05) is 36.5 Å². The molecule has 1 N–H and O–H groups in total. The number of benzene rings is 2. The van der Waals surface area contributed by atoms with Gasteiger partial charge in [0.05, 0.1) is 24.1 Å². The number of halogens is 2. The molecule has 0 aliphatic heterocycles. The fourth-order valence-corrected chi connectivity index (χ4v) is 4.64. The van der Waals surface area contributed by atoms with Crippen LogP contribution in [0.15, 0.2) is 42.5 Å². The maximum absolute atomic E-state index is 13.6. The molecule has 30 heavy (non-hydrogen) atoms. The molecule has 0 spiro atoms. The molecule has 0 aliphatic rings. The standard InChI is InChI=1S/C20H24ClFN2O4S2/c1-28-19-9-8-16(12-17(19)21)24(30(2,26)27)13-20(25)23-10-5-11-29-14-15-6-3-4-7-18(15)22/h3-4,6-9,12H,5,10-11,13-14H2,1-2H3,(H,23,25). The molecule has 0 atom stereocenters. The van der Waals surface area contributed by atoms with E-state index in [2.05, 4.69) is 5.32 Å². The zero-order valence-corrected chi connectivity index (χ0v) is 19.1. The van der Waals surface area contributed by atoms with Gasteiger partial charge in [-0.25, -0.2) is 12.8 Å². The molecule has 0 radical (unpaired) electrons. The van der Waals surface area contributed by atoms with Crippen molar-refractivity contribution in [3.63, 3.8) is 0 Å². The van der Waals surface area contributed by atoms with Crippen molar-refractivity contribution in [3.8, 4) is 5.75 Å². The summed E-state index contributed by atoms with van der Waals surface area (Å²) in [6.07, 6.45) is 1.70. The van der Waals surface area contributed by atoms with E-state index in [0.717, 1.165) is 16.3 Å². The van der Waals surface area contributed by atoms with Crippen LogP contribution in [-0.4, -0.2) is 46.5 Å². The second-order valence-electron chi connectivity index (χ2n) is 6.44. The number of hydrogen-bond acceptors (Lipinski definition) is 5. The summed E-state index contributed by atoms with van der Waals surface area (Å²) in [5, 5.41) is 2.96. The number of amides is 1. The van der Waals surface area contributed by atoms with Gasteiger partial charge in [0.25, 0.3) is 0 Å². The third-order valence-electron chi connectivity index (χ3n) is 4.11. The fraction of sp³-hybridized carbons (Fsp3) is 0.350. The van der Waals surface area contributed by atoms with Gasteiger partial charge in [0, 0.05) is 12.3 Å². The molecule has 0 heterocycles. The molecule has 0 saturated heterocycles. The highest BCUT2D eigenvalue weighted by molar-refractivity contribution is 7.98. The van der Waals surface area contributed by atoms with E-state index in [1.165, 1.54) is 25.3 Å². The maximum atomic E-state index is 13.6. The van der Waals surface area contributed by atoms with Crippen molar-refractivity contribution in [1.82, 2.24) is 5.32 Å². The molecule has 6 nitrogen and oxygen atoms in total. The van der Waals surface area contributed by atoms with E-state index in [1.807, 2.05) is 0 Å². The minimum absolute atomic E-state index is 0.224. The molecule has 0 unspecified atom stereocenters. The number of ether oxygens (including phenoxy) is 1. The van der Waals surface area contributed by atoms with Gasteiger partial charge >= 0.3 is 0 Å². The minimum atomic E-state index is -3.69. The van der Waals surface area contributed by atoms with E-state index in [1.54, 1.807) is 36.0 Å². The Kier molecular flexibility index (Phi) is 9.26. The molecule has 0 aliphatic carbocycles. The van der Waals surface area contributed by atoms with E-state index < -0.39 is 15.9 Å². The number of anilines is 1. The van der Waals surface area contributed by atoms with Gasteiger partial charge in [-0.1, -0.05) is 29.8 Å². The first-order valence-corrected chi connectivity index (χ1v) is 12.5. The Morgan fingerprint density at radius 1 is 1.27 bits per heavy atom. The summed E-state index contributed by atoms with van der Waals surface area (Å²) in [7, 11) is -2.23. The van der Waals surface area contributed by atoms with Crippen molar-refractivity contribution >= 4 is 45.0 Å². The first-order chi connectivity index (χ1) is 14.2. The smallest absolute Gasteiger partial charge is 0.240 e. The molecule has 0 fully saturated rings. The molecule has 10 heteroatoms. The lowest BCUT2D eigenvalue weighted by atomic mass is 10.2. The van der Waals surface area contributed by atoms with E-state index in [0.29, 0.717) is 30.0 Å². The van der Waals surface area contributed by atoms with Gasteiger partial charge in [0.2, 0.25) is 15.9 Å². The number of hydrogen-bond donors (Lipinski definition) is 1. The minimum Gasteiger partial charge on any atom is -0.495 e. The molecule has 164 valence electrons. The van der Waals surface area contributed by atoms with Gasteiger partial charge in [0.1, 0.15) is 18.1 Å². The van der Waals surface area contributed by atoms with Crippen molar-refractivity contribution in [2.24, 2.45) is 0 Å². The molecule has 0 saturated carbocycles. The average Bonchev–Trinajstić information content (AvgIpc) is 2.69. The highest BCUT2D eigenvalue weighted by Crippen LogP contribution is 2.30. The SMILES string of the molecule is COc1ccc(N(CC(=O)NCCCSCc2ccccc2F)S(C)(=O)=O)cc1Cl. The predicted octanol–water partition coefficient (Wildman–Crippen LogP) is 3.69. The van der Waals surface area contributed by atoms with Crippen LogP contribution in [0.5, 0.6) is 5.75 Å². The number of carbonyl (C=O) groups is 1. The Balaban J connectivity index is 1.82. The van der Waals surface area contributed by atoms with Crippen LogP contribution in [0.3, 0.4) is 0 Å². The Morgan fingerprint density at radius 2 is 2.00 bits per heavy atom. The number of thioether (sulfide) groups is 1. The highest BCUT2D eigenvalue weighted by atomic mass is 35.5. The topological polar surface area (TPSA) is 75.7 Å².